The van der Waals surface area contributed by atoms with Crippen molar-refractivity contribution in [3.63, 3.8) is 0 Å². The van der Waals surface area contributed by atoms with Crippen molar-refractivity contribution in [3.8, 4) is 0 Å². The second-order valence-electron chi connectivity index (χ2n) is 4.31. The van der Waals surface area contributed by atoms with E-state index < -0.39 is 0 Å². The van der Waals surface area contributed by atoms with Crippen LogP contribution < -0.4 is 11.1 Å². The minimum atomic E-state index is -0.143. The molecule has 1 aromatic heterocycles. The summed E-state index contributed by atoms with van der Waals surface area (Å²) in [5.41, 5.74) is 8.01. The summed E-state index contributed by atoms with van der Waals surface area (Å²) in [6.45, 7) is 2.48. The average Bonchev–Trinajstić information content (AvgIpc) is 2.88. The molecule has 1 heterocycles. The summed E-state index contributed by atoms with van der Waals surface area (Å²) in [5.74, 6) is -0.143. The van der Waals surface area contributed by atoms with Gasteiger partial charge in [0.2, 0.25) is 5.91 Å². The Labute approximate surface area is 125 Å². The van der Waals surface area contributed by atoms with E-state index in [1.54, 1.807) is 6.20 Å². The third-order valence-corrected chi connectivity index (χ3v) is 3.32. The lowest BCUT2D eigenvalue weighted by Crippen LogP contribution is -2.20. The molecular weight excluding hydrogens is 322 g/mol. The lowest BCUT2D eigenvalue weighted by atomic mass is 10.1. The molecule has 0 aliphatic rings. The maximum Gasteiger partial charge on any atom is 0.246 e. The van der Waals surface area contributed by atoms with Gasteiger partial charge in [0, 0.05) is 16.7 Å². The Kier molecular flexibility index (Phi) is 4.86. The summed E-state index contributed by atoms with van der Waals surface area (Å²) in [7, 11) is 0. The van der Waals surface area contributed by atoms with E-state index in [0.717, 1.165) is 22.1 Å². The van der Waals surface area contributed by atoms with Crippen LogP contribution in [0.1, 0.15) is 18.2 Å². The van der Waals surface area contributed by atoms with E-state index in [4.69, 9.17) is 5.73 Å². The molecule has 0 unspecified atom stereocenters. The summed E-state index contributed by atoms with van der Waals surface area (Å²) in [6, 6.07) is 5.78. The molecule has 0 saturated heterocycles. The van der Waals surface area contributed by atoms with Gasteiger partial charge in [-0.25, -0.2) is 4.68 Å². The molecule has 1 amide bonds. The monoisotopic (exact) mass is 337 g/mol. The quantitative estimate of drug-likeness (QED) is 0.869. The first-order chi connectivity index (χ1) is 9.62. The number of hydrogen-bond donors (Lipinski definition) is 2. The van der Waals surface area contributed by atoms with Crippen molar-refractivity contribution in [2.45, 2.75) is 26.4 Å². The van der Waals surface area contributed by atoms with Gasteiger partial charge in [-0.2, -0.15) is 0 Å². The van der Waals surface area contributed by atoms with Crippen molar-refractivity contribution < 1.29 is 4.79 Å². The zero-order valence-electron chi connectivity index (χ0n) is 11.1. The van der Waals surface area contributed by atoms with Crippen LogP contribution in [-0.4, -0.2) is 20.9 Å². The number of anilines is 1. The molecule has 1 aromatic carbocycles. The highest BCUT2D eigenvalue weighted by Crippen LogP contribution is 2.21. The topological polar surface area (TPSA) is 85.8 Å². The maximum atomic E-state index is 12.0. The van der Waals surface area contributed by atoms with Gasteiger partial charge in [0.25, 0.3) is 0 Å². The van der Waals surface area contributed by atoms with Crippen LogP contribution >= 0.6 is 15.9 Å². The summed E-state index contributed by atoms with van der Waals surface area (Å²) in [5, 5.41) is 10.6. The van der Waals surface area contributed by atoms with Crippen molar-refractivity contribution >= 4 is 27.5 Å². The average molecular weight is 338 g/mol. The first-order valence-corrected chi connectivity index (χ1v) is 7.09. The summed E-state index contributed by atoms with van der Waals surface area (Å²) < 4.78 is 2.47. The Morgan fingerprint density at radius 1 is 1.50 bits per heavy atom. The number of rotatable bonds is 5. The zero-order chi connectivity index (χ0) is 14.5. The fourth-order valence-electron chi connectivity index (χ4n) is 1.82. The van der Waals surface area contributed by atoms with Crippen LogP contribution in [0.5, 0.6) is 0 Å². The van der Waals surface area contributed by atoms with Crippen LogP contribution in [0.3, 0.4) is 0 Å². The molecule has 0 radical (unpaired) electrons. The summed E-state index contributed by atoms with van der Waals surface area (Å²) >= 11 is 3.42. The van der Waals surface area contributed by atoms with Gasteiger partial charge in [-0.3, -0.25) is 4.79 Å². The molecule has 0 spiro atoms. The SMILES string of the molecule is CCc1cc(Br)ccc1NC(=O)Cn1cc(CN)nn1. The van der Waals surface area contributed by atoms with E-state index >= 15 is 0 Å². The second kappa shape index (κ2) is 6.62. The summed E-state index contributed by atoms with van der Waals surface area (Å²) in [4.78, 5) is 12.0. The number of aryl methyl sites for hydroxylation is 1. The number of nitrogens with two attached hydrogens (primary N) is 1. The number of benzene rings is 1. The van der Waals surface area contributed by atoms with E-state index in [1.165, 1.54) is 4.68 Å². The fraction of sp³-hybridized carbons (Fsp3) is 0.308. The van der Waals surface area contributed by atoms with Crippen LogP contribution in [0.15, 0.2) is 28.9 Å². The molecule has 0 aliphatic heterocycles. The number of carbonyl (C=O) groups excluding carboxylic acids is 1. The molecule has 0 fully saturated rings. The largest absolute Gasteiger partial charge is 0.325 e. The van der Waals surface area contributed by atoms with Crippen molar-refractivity contribution in [2.75, 3.05) is 5.32 Å². The standard InChI is InChI=1S/C13H16BrN5O/c1-2-9-5-10(14)3-4-12(9)16-13(20)8-19-7-11(6-15)17-18-19/h3-5,7H,2,6,8,15H2,1H3,(H,16,20). The van der Waals surface area contributed by atoms with Crippen LogP contribution in [0.25, 0.3) is 0 Å². The minimum Gasteiger partial charge on any atom is -0.325 e. The predicted octanol–water partition coefficient (Wildman–Crippen LogP) is 1.70. The summed E-state index contributed by atoms with van der Waals surface area (Å²) in [6.07, 6.45) is 2.51. The van der Waals surface area contributed by atoms with Crippen molar-refractivity contribution in [1.82, 2.24) is 15.0 Å². The molecule has 7 heteroatoms. The second-order valence-corrected chi connectivity index (χ2v) is 5.23. The smallest absolute Gasteiger partial charge is 0.246 e. The fourth-order valence-corrected chi connectivity index (χ4v) is 2.23. The number of aromatic nitrogens is 3. The Morgan fingerprint density at radius 2 is 2.30 bits per heavy atom. The first kappa shape index (κ1) is 14.7. The van der Waals surface area contributed by atoms with Gasteiger partial charge < -0.3 is 11.1 Å². The van der Waals surface area contributed by atoms with Crippen molar-refractivity contribution in [2.24, 2.45) is 5.73 Å². The molecule has 6 nitrogen and oxygen atoms in total. The van der Waals surface area contributed by atoms with Gasteiger partial charge in [-0.1, -0.05) is 28.1 Å². The molecule has 20 heavy (non-hydrogen) atoms. The number of hydrogen-bond acceptors (Lipinski definition) is 4. The molecule has 0 atom stereocenters. The Balaban J connectivity index is 2.04. The zero-order valence-corrected chi connectivity index (χ0v) is 12.7. The number of carbonyl (C=O) groups is 1. The van der Waals surface area contributed by atoms with Gasteiger partial charge in [-0.05, 0) is 30.2 Å². The third kappa shape index (κ3) is 3.64. The molecule has 0 bridgehead atoms. The van der Waals surface area contributed by atoms with Gasteiger partial charge >= 0.3 is 0 Å². The normalized spacial score (nSPS) is 10.6. The maximum absolute atomic E-state index is 12.0. The van der Waals surface area contributed by atoms with E-state index in [-0.39, 0.29) is 12.5 Å². The van der Waals surface area contributed by atoms with Gasteiger partial charge in [0.1, 0.15) is 6.54 Å². The highest BCUT2D eigenvalue weighted by Gasteiger charge is 2.08. The van der Waals surface area contributed by atoms with Crippen LogP contribution in [0.4, 0.5) is 5.69 Å². The van der Waals surface area contributed by atoms with Gasteiger partial charge in [-0.15, -0.1) is 5.10 Å². The van der Waals surface area contributed by atoms with Gasteiger partial charge in [0.15, 0.2) is 0 Å². The van der Waals surface area contributed by atoms with E-state index in [9.17, 15) is 4.79 Å². The van der Waals surface area contributed by atoms with Crippen molar-refractivity contribution in [1.29, 1.82) is 0 Å². The highest BCUT2D eigenvalue weighted by atomic mass is 79.9. The predicted molar refractivity (Wildman–Crippen MR) is 80.1 cm³/mol. The Bertz CT molecular complexity index is 611. The highest BCUT2D eigenvalue weighted by molar-refractivity contribution is 9.10. The van der Waals surface area contributed by atoms with Crippen LogP contribution in [0.2, 0.25) is 0 Å². The molecular formula is C13H16BrN5O. The number of nitrogens with zero attached hydrogens (tertiary/aromatic N) is 3. The molecule has 2 rings (SSSR count). The minimum absolute atomic E-state index is 0.117. The first-order valence-electron chi connectivity index (χ1n) is 6.29. The number of amides is 1. The van der Waals surface area contributed by atoms with E-state index in [2.05, 4.69) is 31.6 Å². The molecule has 2 aromatic rings. The lowest BCUT2D eigenvalue weighted by molar-refractivity contribution is -0.116. The molecule has 0 saturated carbocycles. The van der Waals surface area contributed by atoms with E-state index in [0.29, 0.717) is 12.2 Å². The van der Waals surface area contributed by atoms with Crippen LogP contribution in [0, 0.1) is 0 Å². The number of nitrogens with one attached hydrogen (secondary N) is 1. The lowest BCUT2D eigenvalue weighted by Gasteiger charge is -2.10. The Hall–Kier alpha value is -1.73. The van der Waals surface area contributed by atoms with E-state index in [1.807, 2.05) is 25.1 Å². The molecule has 0 aliphatic carbocycles. The van der Waals surface area contributed by atoms with Gasteiger partial charge in [0.05, 0.1) is 11.9 Å². The number of halogens is 1. The van der Waals surface area contributed by atoms with Crippen molar-refractivity contribution in [3.05, 3.63) is 40.1 Å². The molecule has 3 N–H and O–H groups in total. The molecule has 106 valence electrons. The third-order valence-electron chi connectivity index (χ3n) is 2.82. The Morgan fingerprint density at radius 3 is 2.95 bits per heavy atom. The van der Waals surface area contributed by atoms with Crippen LogP contribution in [-0.2, 0) is 24.3 Å².